The summed E-state index contributed by atoms with van der Waals surface area (Å²) in [6.45, 7) is 2.31. The zero-order valence-corrected chi connectivity index (χ0v) is 16.1. The molecule has 2 aromatic carbocycles. The molecule has 150 valence electrons. The molecular formula is C23H23FN2O3. The molecule has 2 heterocycles. The van der Waals surface area contributed by atoms with Crippen LogP contribution >= 0.6 is 0 Å². The highest BCUT2D eigenvalue weighted by atomic mass is 19.1. The number of carboxylic acid groups (broad SMARTS) is 1. The number of oxazole rings is 1. The van der Waals surface area contributed by atoms with Gasteiger partial charge in [0.05, 0.1) is 11.8 Å². The number of benzene rings is 2. The summed E-state index contributed by atoms with van der Waals surface area (Å²) >= 11 is 0. The Bertz CT molecular complexity index is 984. The minimum atomic E-state index is -0.896. The maximum Gasteiger partial charge on any atom is 0.336 e. The highest BCUT2D eigenvalue weighted by Gasteiger charge is 2.26. The van der Waals surface area contributed by atoms with E-state index in [2.05, 4.69) is 9.88 Å². The van der Waals surface area contributed by atoms with E-state index in [9.17, 15) is 14.3 Å². The van der Waals surface area contributed by atoms with Crippen molar-refractivity contribution >= 4 is 5.97 Å². The number of nitrogens with zero attached hydrogens (tertiary/aromatic N) is 2. The van der Waals surface area contributed by atoms with Gasteiger partial charge < -0.3 is 9.52 Å². The molecule has 1 saturated heterocycles. The molecule has 6 heteroatoms. The van der Waals surface area contributed by atoms with Crippen molar-refractivity contribution in [2.45, 2.75) is 31.7 Å². The average Bonchev–Trinajstić information content (AvgIpc) is 3.19. The SMILES string of the molecule is O=C(O)c1ccccc1CN1CCCC(c2ncc(Cc3ccc(F)cc3)o2)C1. The van der Waals surface area contributed by atoms with E-state index in [-0.39, 0.29) is 11.7 Å². The van der Waals surface area contributed by atoms with E-state index in [1.54, 1.807) is 30.5 Å². The monoisotopic (exact) mass is 394 g/mol. The fourth-order valence-electron chi connectivity index (χ4n) is 3.90. The fourth-order valence-corrected chi connectivity index (χ4v) is 3.90. The van der Waals surface area contributed by atoms with Crippen LogP contribution in [0.5, 0.6) is 0 Å². The summed E-state index contributed by atoms with van der Waals surface area (Å²) in [6, 6.07) is 13.5. The molecule has 0 amide bonds. The van der Waals surface area contributed by atoms with E-state index in [0.29, 0.717) is 18.5 Å². The van der Waals surface area contributed by atoms with Gasteiger partial charge in [-0.1, -0.05) is 30.3 Å². The van der Waals surface area contributed by atoms with Crippen LogP contribution in [0.15, 0.2) is 59.1 Å². The lowest BCUT2D eigenvalue weighted by molar-refractivity contribution is 0.0693. The summed E-state index contributed by atoms with van der Waals surface area (Å²) in [5, 5.41) is 9.40. The van der Waals surface area contributed by atoms with E-state index < -0.39 is 5.97 Å². The number of likely N-dealkylation sites (tertiary alicyclic amines) is 1. The van der Waals surface area contributed by atoms with Crippen molar-refractivity contribution in [1.82, 2.24) is 9.88 Å². The van der Waals surface area contributed by atoms with Crippen LogP contribution < -0.4 is 0 Å². The molecule has 1 aliphatic heterocycles. The van der Waals surface area contributed by atoms with Crippen LogP contribution in [0.25, 0.3) is 0 Å². The number of aromatic nitrogens is 1. The van der Waals surface area contributed by atoms with Crippen molar-refractivity contribution in [3.05, 3.63) is 88.9 Å². The van der Waals surface area contributed by atoms with E-state index in [4.69, 9.17) is 4.42 Å². The molecule has 1 atom stereocenters. The van der Waals surface area contributed by atoms with Gasteiger partial charge in [0.1, 0.15) is 11.6 Å². The molecule has 5 nitrogen and oxygen atoms in total. The van der Waals surface area contributed by atoms with Crippen LogP contribution in [0.1, 0.15) is 51.9 Å². The Labute approximate surface area is 168 Å². The molecule has 1 N–H and O–H groups in total. The number of halogens is 1. The fraction of sp³-hybridized carbons (Fsp3) is 0.304. The summed E-state index contributed by atoms with van der Waals surface area (Å²) in [5.74, 6) is 0.520. The zero-order valence-electron chi connectivity index (χ0n) is 16.1. The Hall–Kier alpha value is -2.99. The minimum absolute atomic E-state index is 0.183. The molecular weight excluding hydrogens is 371 g/mol. The Morgan fingerprint density at radius 1 is 1.21 bits per heavy atom. The van der Waals surface area contributed by atoms with Gasteiger partial charge in [0.2, 0.25) is 0 Å². The molecule has 0 aliphatic carbocycles. The first-order valence-corrected chi connectivity index (χ1v) is 9.81. The van der Waals surface area contributed by atoms with Gasteiger partial charge in [0.15, 0.2) is 5.89 Å². The highest BCUT2D eigenvalue weighted by molar-refractivity contribution is 5.89. The third kappa shape index (κ3) is 4.71. The number of aromatic carboxylic acids is 1. The Morgan fingerprint density at radius 2 is 2.00 bits per heavy atom. The smallest absolute Gasteiger partial charge is 0.336 e. The van der Waals surface area contributed by atoms with Crippen molar-refractivity contribution in [2.75, 3.05) is 13.1 Å². The average molecular weight is 394 g/mol. The predicted molar refractivity (Wildman–Crippen MR) is 106 cm³/mol. The van der Waals surface area contributed by atoms with Crippen LogP contribution in [0.2, 0.25) is 0 Å². The lowest BCUT2D eigenvalue weighted by Crippen LogP contribution is -2.34. The molecule has 29 heavy (non-hydrogen) atoms. The third-order valence-electron chi connectivity index (χ3n) is 5.36. The summed E-state index contributed by atoms with van der Waals surface area (Å²) in [7, 11) is 0. The second-order valence-corrected chi connectivity index (χ2v) is 7.50. The molecule has 1 aliphatic rings. The number of carboxylic acids is 1. The van der Waals surface area contributed by atoms with Crippen molar-refractivity contribution in [3.8, 4) is 0 Å². The van der Waals surface area contributed by atoms with E-state index in [1.165, 1.54) is 12.1 Å². The van der Waals surface area contributed by atoms with Gasteiger partial charge in [-0.3, -0.25) is 4.90 Å². The maximum absolute atomic E-state index is 13.1. The van der Waals surface area contributed by atoms with Crippen molar-refractivity contribution in [1.29, 1.82) is 0 Å². The number of hydrogen-bond donors (Lipinski definition) is 1. The first kappa shape index (κ1) is 19.3. The minimum Gasteiger partial charge on any atom is -0.478 e. The number of carbonyl (C=O) groups is 1. The molecule has 0 spiro atoms. The van der Waals surface area contributed by atoms with Crippen molar-refractivity contribution in [2.24, 2.45) is 0 Å². The summed E-state index contributed by atoms with van der Waals surface area (Å²) in [6.07, 6.45) is 4.33. The first-order valence-electron chi connectivity index (χ1n) is 9.81. The molecule has 0 bridgehead atoms. The summed E-state index contributed by atoms with van der Waals surface area (Å²) < 4.78 is 19.1. The Morgan fingerprint density at radius 3 is 2.79 bits per heavy atom. The Kier molecular flexibility index (Phi) is 5.71. The summed E-state index contributed by atoms with van der Waals surface area (Å²) in [4.78, 5) is 18.2. The van der Waals surface area contributed by atoms with E-state index in [0.717, 1.165) is 48.7 Å². The first-order chi connectivity index (χ1) is 14.1. The van der Waals surface area contributed by atoms with Crippen LogP contribution in [0, 0.1) is 5.82 Å². The molecule has 0 saturated carbocycles. The largest absolute Gasteiger partial charge is 0.478 e. The lowest BCUT2D eigenvalue weighted by Gasteiger charge is -2.31. The van der Waals surface area contributed by atoms with Gasteiger partial charge in [-0.2, -0.15) is 0 Å². The van der Waals surface area contributed by atoms with Crippen molar-refractivity contribution in [3.63, 3.8) is 0 Å². The lowest BCUT2D eigenvalue weighted by atomic mass is 9.97. The van der Waals surface area contributed by atoms with Crippen LogP contribution in [-0.2, 0) is 13.0 Å². The molecule has 4 rings (SSSR count). The quantitative estimate of drug-likeness (QED) is 0.668. The summed E-state index contributed by atoms with van der Waals surface area (Å²) in [5.41, 5.74) is 2.15. The van der Waals surface area contributed by atoms with Crippen LogP contribution in [0.4, 0.5) is 4.39 Å². The molecule has 1 unspecified atom stereocenters. The molecule has 0 radical (unpaired) electrons. The Balaban J connectivity index is 1.42. The normalized spacial score (nSPS) is 17.3. The molecule has 1 fully saturated rings. The standard InChI is InChI=1S/C23H23FN2O3/c24-19-9-7-16(8-10-19)12-20-13-25-22(29-20)18-5-3-11-26(15-18)14-17-4-1-2-6-21(17)23(27)28/h1-2,4,6-10,13,18H,3,5,11-12,14-15H2,(H,27,28). The van der Waals surface area contributed by atoms with Gasteiger partial charge in [-0.15, -0.1) is 0 Å². The van der Waals surface area contributed by atoms with Gasteiger partial charge in [0.25, 0.3) is 0 Å². The van der Waals surface area contributed by atoms with Crippen LogP contribution in [-0.4, -0.2) is 34.0 Å². The number of piperidine rings is 1. The highest BCUT2D eigenvalue weighted by Crippen LogP contribution is 2.28. The second kappa shape index (κ2) is 8.57. The number of rotatable bonds is 6. The second-order valence-electron chi connectivity index (χ2n) is 7.50. The molecule has 3 aromatic rings. The van der Waals surface area contributed by atoms with Crippen LogP contribution in [0.3, 0.4) is 0 Å². The van der Waals surface area contributed by atoms with Gasteiger partial charge in [-0.25, -0.2) is 14.2 Å². The van der Waals surface area contributed by atoms with Crippen molar-refractivity contribution < 1.29 is 18.7 Å². The van der Waals surface area contributed by atoms with Gasteiger partial charge in [0, 0.05) is 25.4 Å². The van der Waals surface area contributed by atoms with E-state index >= 15 is 0 Å². The maximum atomic E-state index is 13.1. The predicted octanol–water partition coefficient (Wildman–Crippen LogP) is 4.48. The third-order valence-corrected chi connectivity index (χ3v) is 5.36. The zero-order chi connectivity index (χ0) is 20.2. The van der Waals surface area contributed by atoms with Gasteiger partial charge >= 0.3 is 5.97 Å². The number of hydrogen-bond acceptors (Lipinski definition) is 4. The molecule has 1 aromatic heterocycles. The van der Waals surface area contributed by atoms with Gasteiger partial charge in [-0.05, 0) is 48.7 Å². The topological polar surface area (TPSA) is 66.6 Å². The van der Waals surface area contributed by atoms with E-state index in [1.807, 2.05) is 12.1 Å².